The van der Waals surface area contributed by atoms with Crippen molar-refractivity contribution in [1.82, 2.24) is 0 Å². The zero-order valence-corrected chi connectivity index (χ0v) is 9.88. The second kappa shape index (κ2) is 7.58. The highest BCUT2D eigenvalue weighted by molar-refractivity contribution is 5.95. The Bertz CT molecular complexity index is 522. The van der Waals surface area contributed by atoms with Crippen LogP contribution in [0.3, 0.4) is 0 Å². The largest absolute Gasteiger partial charge is 0.0984 e. The van der Waals surface area contributed by atoms with Crippen molar-refractivity contribution in [3.8, 4) is 0 Å². The fraction of sp³-hybridized carbons (Fsp3) is 0.263. The molecule has 0 atom stereocenters. The van der Waals surface area contributed by atoms with Crippen molar-refractivity contribution in [3.05, 3.63) is 59.7 Å². The first-order valence-electron chi connectivity index (χ1n) is 5.47. The predicted molar refractivity (Wildman–Crippen MR) is 93.8 cm³/mol. The van der Waals surface area contributed by atoms with Crippen molar-refractivity contribution in [2.24, 2.45) is 0 Å². The van der Waals surface area contributed by atoms with Gasteiger partial charge in [0.05, 0.1) is 0 Å². The van der Waals surface area contributed by atoms with Gasteiger partial charge >= 0.3 is 0 Å². The van der Waals surface area contributed by atoms with Gasteiger partial charge in [0.2, 0.25) is 0 Å². The van der Waals surface area contributed by atoms with E-state index in [0.717, 1.165) is 0 Å². The van der Waals surface area contributed by atoms with Crippen LogP contribution in [0.2, 0.25) is 0 Å². The maximum absolute atomic E-state index is 3.90. The summed E-state index contributed by atoms with van der Waals surface area (Å²) in [5.74, 6) is 0. The number of benzene rings is 2. The van der Waals surface area contributed by atoms with Crippen LogP contribution in [-0.2, 0) is 0 Å². The van der Waals surface area contributed by atoms with Crippen LogP contribution < -0.4 is 0 Å². The number of hydrogen-bond acceptors (Lipinski definition) is 0. The maximum atomic E-state index is 3.90. The second-order valence-corrected chi connectivity index (χ2v) is 4.03. The molecular formula is C19H28. The molecular weight excluding hydrogens is 228 g/mol. The van der Waals surface area contributed by atoms with Gasteiger partial charge in [0, 0.05) is 0 Å². The molecule has 0 radical (unpaired) electrons. The summed E-state index contributed by atoms with van der Waals surface area (Å²) in [6, 6.07) is 8.49. The molecule has 0 N–H and O–H groups in total. The third kappa shape index (κ3) is 2.96. The molecule has 0 nitrogen and oxygen atoms in total. The molecule has 0 saturated heterocycles. The van der Waals surface area contributed by atoms with Crippen molar-refractivity contribution in [2.75, 3.05) is 0 Å². The van der Waals surface area contributed by atoms with Gasteiger partial charge in [0.1, 0.15) is 0 Å². The Hall–Kier alpha value is -1.82. The first-order valence-corrected chi connectivity index (χ1v) is 5.47. The fourth-order valence-corrected chi connectivity index (χ4v) is 2.36. The summed E-state index contributed by atoms with van der Waals surface area (Å²) < 4.78 is 0. The van der Waals surface area contributed by atoms with E-state index in [-0.39, 0.29) is 22.3 Å². The lowest BCUT2D eigenvalue weighted by molar-refractivity contribution is 1.41. The lowest BCUT2D eigenvalue weighted by Gasteiger charge is -2.14. The van der Waals surface area contributed by atoms with E-state index in [9.17, 15) is 0 Å². The molecule has 0 fully saturated rings. The molecule has 2 aromatic carbocycles. The van der Waals surface area contributed by atoms with Crippen LogP contribution >= 0.6 is 0 Å². The van der Waals surface area contributed by atoms with E-state index < -0.39 is 0 Å². The van der Waals surface area contributed by atoms with Gasteiger partial charge in [-0.3, -0.25) is 0 Å². The SMILES string of the molecule is C.C.C.C=Cc1c(C=C)c(C)c2ccccc2c1C. The van der Waals surface area contributed by atoms with Crippen LogP contribution in [0.15, 0.2) is 37.4 Å². The van der Waals surface area contributed by atoms with E-state index in [1.807, 2.05) is 12.2 Å². The number of rotatable bonds is 2. The lowest BCUT2D eigenvalue weighted by Crippen LogP contribution is -1.93. The van der Waals surface area contributed by atoms with Crippen LogP contribution in [0.1, 0.15) is 44.5 Å². The highest BCUT2D eigenvalue weighted by Crippen LogP contribution is 2.30. The fourth-order valence-electron chi connectivity index (χ4n) is 2.36. The quantitative estimate of drug-likeness (QED) is 0.564. The zero-order chi connectivity index (χ0) is 11.7. The van der Waals surface area contributed by atoms with Gasteiger partial charge in [-0.05, 0) is 46.9 Å². The Morgan fingerprint density at radius 3 is 1.32 bits per heavy atom. The third-order valence-corrected chi connectivity index (χ3v) is 3.24. The van der Waals surface area contributed by atoms with E-state index in [4.69, 9.17) is 0 Å². The molecule has 2 rings (SSSR count). The average Bonchev–Trinajstić information content (AvgIpc) is 2.33. The third-order valence-electron chi connectivity index (χ3n) is 3.24. The first-order chi connectivity index (χ1) is 7.70. The van der Waals surface area contributed by atoms with Crippen LogP contribution in [0.4, 0.5) is 0 Å². The van der Waals surface area contributed by atoms with Gasteiger partial charge in [-0.25, -0.2) is 0 Å². The molecule has 0 aromatic heterocycles. The molecule has 19 heavy (non-hydrogen) atoms. The molecule has 0 amide bonds. The highest BCUT2D eigenvalue weighted by atomic mass is 14.1. The Morgan fingerprint density at radius 2 is 1.05 bits per heavy atom. The minimum absolute atomic E-state index is 0. The molecule has 0 heterocycles. The Kier molecular flexibility index (Phi) is 7.79. The molecule has 0 aliphatic carbocycles. The molecule has 0 heteroatoms. The summed E-state index contributed by atoms with van der Waals surface area (Å²) in [4.78, 5) is 0. The Balaban J connectivity index is 0. The molecule has 0 spiro atoms. The lowest BCUT2D eigenvalue weighted by atomic mass is 9.90. The molecule has 0 unspecified atom stereocenters. The summed E-state index contributed by atoms with van der Waals surface area (Å²) in [5, 5.41) is 2.61. The molecule has 0 bridgehead atoms. The van der Waals surface area contributed by atoms with E-state index in [2.05, 4.69) is 51.3 Å². The zero-order valence-electron chi connectivity index (χ0n) is 9.88. The summed E-state index contributed by atoms with van der Waals surface area (Å²) in [6.45, 7) is 12.1. The topological polar surface area (TPSA) is 0 Å². The first kappa shape index (κ1) is 19.5. The number of hydrogen-bond donors (Lipinski definition) is 0. The number of aryl methyl sites for hydroxylation is 2. The minimum atomic E-state index is 0. The van der Waals surface area contributed by atoms with Crippen molar-refractivity contribution < 1.29 is 0 Å². The molecule has 0 aliphatic rings. The molecule has 104 valence electrons. The van der Waals surface area contributed by atoms with Crippen molar-refractivity contribution in [2.45, 2.75) is 36.1 Å². The van der Waals surface area contributed by atoms with Crippen LogP contribution in [-0.4, -0.2) is 0 Å². The molecule has 2 aromatic rings. The molecule has 0 aliphatic heterocycles. The minimum Gasteiger partial charge on any atom is -0.0984 e. The predicted octanol–water partition coefficient (Wildman–Crippen LogP) is 6.65. The van der Waals surface area contributed by atoms with Crippen molar-refractivity contribution in [1.29, 1.82) is 0 Å². The van der Waals surface area contributed by atoms with E-state index in [0.29, 0.717) is 0 Å². The van der Waals surface area contributed by atoms with Crippen molar-refractivity contribution in [3.63, 3.8) is 0 Å². The van der Waals surface area contributed by atoms with E-state index in [1.165, 1.54) is 33.0 Å². The monoisotopic (exact) mass is 256 g/mol. The Morgan fingerprint density at radius 1 is 0.737 bits per heavy atom. The Labute approximate surface area is 119 Å². The summed E-state index contributed by atoms with van der Waals surface area (Å²) >= 11 is 0. The normalized spacial score (nSPS) is 8.74. The van der Waals surface area contributed by atoms with Crippen LogP contribution in [0.25, 0.3) is 22.9 Å². The highest BCUT2D eigenvalue weighted by Gasteiger charge is 2.09. The van der Waals surface area contributed by atoms with Gasteiger partial charge in [0.25, 0.3) is 0 Å². The van der Waals surface area contributed by atoms with Crippen molar-refractivity contribution >= 4 is 22.9 Å². The maximum Gasteiger partial charge on any atom is -0.0146 e. The average molecular weight is 256 g/mol. The second-order valence-electron chi connectivity index (χ2n) is 4.03. The standard InChI is InChI=1S/C16H16.3CH4/c1-5-13-11(3)15-9-7-8-10-16(15)12(4)14(13)6-2;;;/h5-10H,1-2H2,3-4H3;3*1H4. The van der Waals surface area contributed by atoms with Gasteiger partial charge < -0.3 is 0 Å². The van der Waals surface area contributed by atoms with Crippen LogP contribution in [0.5, 0.6) is 0 Å². The molecule has 0 saturated carbocycles. The summed E-state index contributed by atoms with van der Waals surface area (Å²) in [7, 11) is 0. The van der Waals surface area contributed by atoms with Crippen LogP contribution in [0, 0.1) is 13.8 Å². The van der Waals surface area contributed by atoms with Gasteiger partial charge in [-0.2, -0.15) is 0 Å². The summed E-state index contributed by atoms with van der Waals surface area (Å²) in [6.07, 6.45) is 3.84. The van der Waals surface area contributed by atoms with E-state index >= 15 is 0 Å². The smallest absolute Gasteiger partial charge is 0.0146 e. The van der Waals surface area contributed by atoms with E-state index in [1.54, 1.807) is 0 Å². The number of fused-ring (bicyclic) bond motifs is 1. The van der Waals surface area contributed by atoms with Gasteiger partial charge in [0.15, 0.2) is 0 Å². The summed E-state index contributed by atoms with van der Waals surface area (Å²) in [5.41, 5.74) is 4.97. The van der Waals surface area contributed by atoms with Gasteiger partial charge in [-0.15, -0.1) is 0 Å². The van der Waals surface area contributed by atoms with Gasteiger partial charge in [-0.1, -0.05) is 71.9 Å².